The molecule has 2 N–H and O–H groups in total. The molecular weight excluding hydrogens is 243 g/mol. The average molecular weight is 268 g/mol. The minimum Gasteiger partial charge on any atom is -0.383 e. The molecule has 0 aromatic carbocycles. The van der Waals surface area contributed by atoms with E-state index in [1.807, 2.05) is 0 Å². The van der Waals surface area contributed by atoms with Crippen molar-refractivity contribution in [2.45, 2.75) is 40.0 Å². The summed E-state index contributed by atoms with van der Waals surface area (Å²) in [4.78, 5) is 3.73. The highest BCUT2D eigenvalue weighted by molar-refractivity contribution is 5.38. The Morgan fingerprint density at radius 3 is 2.53 bits per heavy atom. The van der Waals surface area contributed by atoms with Gasteiger partial charge in [-0.1, -0.05) is 20.8 Å². The maximum Gasteiger partial charge on any atom is 0.141 e. The lowest BCUT2D eigenvalue weighted by atomic mass is 10.0. The van der Waals surface area contributed by atoms with Crippen LogP contribution in [0.5, 0.6) is 0 Å². The fourth-order valence-electron chi connectivity index (χ4n) is 1.91. The van der Waals surface area contributed by atoms with Crippen LogP contribution >= 0.6 is 0 Å². The highest BCUT2D eigenvalue weighted by atomic mass is 19.1. The molecule has 0 saturated carbocycles. The first kappa shape index (κ1) is 15.9. The number of hydrogen-bond donors (Lipinski definition) is 1. The summed E-state index contributed by atoms with van der Waals surface area (Å²) in [6.45, 7) is 8.37. The zero-order valence-electron chi connectivity index (χ0n) is 12.2. The van der Waals surface area contributed by atoms with Crippen molar-refractivity contribution in [3.63, 3.8) is 0 Å². The summed E-state index contributed by atoms with van der Waals surface area (Å²) in [6, 6.07) is 1.45. The smallest absolute Gasteiger partial charge is 0.141 e. The van der Waals surface area contributed by atoms with E-state index in [9.17, 15) is 4.39 Å². The number of anilines is 1. The first-order valence-corrected chi connectivity index (χ1v) is 6.96. The summed E-state index contributed by atoms with van der Waals surface area (Å²) >= 11 is 0. The largest absolute Gasteiger partial charge is 0.383 e. The fraction of sp³-hybridized carbons (Fsp3) is 0.667. The second-order valence-corrected chi connectivity index (χ2v) is 5.59. The van der Waals surface area contributed by atoms with Crippen LogP contribution < -0.4 is 5.73 Å². The molecule has 19 heavy (non-hydrogen) atoms. The van der Waals surface area contributed by atoms with Gasteiger partial charge in [-0.25, -0.2) is 9.37 Å². The second kappa shape index (κ2) is 8.10. The molecule has 1 aromatic heterocycles. The van der Waals surface area contributed by atoms with Gasteiger partial charge in [0.25, 0.3) is 0 Å². The number of nitrogens with two attached hydrogens (primary N) is 1. The second-order valence-electron chi connectivity index (χ2n) is 5.59. The molecule has 4 heteroatoms. The van der Waals surface area contributed by atoms with E-state index in [0.29, 0.717) is 11.7 Å². The molecule has 1 fully saturated rings. The third-order valence-corrected chi connectivity index (χ3v) is 3.11. The molecule has 0 amide bonds. The van der Waals surface area contributed by atoms with Crippen molar-refractivity contribution < 1.29 is 9.13 Å². The molecule has 0 radical (unpaired) electrons. The van der Waals surface area contributed by atoms with Gasteiger partial charge in [0, 0.05) is 13.2 Å². The highest BCUT2D eigenvalue weighted by Gasteiger charge is 2.06. The van der Waals surface area contributed by atoms with Crippen LogP contribution in [0.1, 0.15) is 39.2 Å². The summed E-state index contributed by atoms with van der Waals surface area (Å²) in [7, 11) is 0. The van der Waals surface area contributed by atoms with Gasteiger partial charge in [0.05, 0.1) is 6.20 Å². The Morgan fingerprint density at radius 1 is 1.42 bits per heavy atom. The summed E-state index contributed by atoms with van der Waals surface area (Å²) in [5, 5.41) is 0. The number of aromatic nitrogens is 1. The molecule has 1 saturated heterocycles. The van der Waals surface area contributed by atoms with E-state index in [4.69, 9.17) is 10.5 Å². The number of nitrogens with zero attached hydrogens (tertiary/aromatic N) is 1. The van der Waals surface area contributed by atoms with Gasteiger partial charge in [0.15, 0.2) is 0 Å². The van der Waals surface area contributed by atoms with Crippen LogP contribution in [0.2, 0.25) is 0 Å². The maximum atomic E-state index is 12.7. The molecule has 1 aliphatic rings. The van der Waals surface area contributed by atoms with E-state index in [-0.39, 0.29) is 5.82 Å². The van der Waals surface area contributed by atoms with Crippen LogP contribution in [-0.2, 0) is 11.2 Å². The number of nitrogen functional groups attached to an aromatic ring is 1. The molecule has 0 aliphatic carbocycles. The van der Waals surface area contributed by atoms with E-state index in [0.717, 1.165) is 37.3 Å². The zero-order chi connectivity index (χ0) is 14.3. The van der Waals surface area contributed by atoms with Gasteiger partial charge >= 0.3 is 0 Å². The number of ether oxygens (including phenoxy) is 1. The molecule has 0 spiro atoms. The van der Waals surface area contributed by atoms with Gasteiger partial charge in [-0.2, -0.15) is 0 Å². The number of halogens is 1. The number of rotatable bonds is 2. The van der Waals surface area contributed by atoms with E-state index in [1.165, 1.54) is 18.9 Å². The molecule has 0 atom stereocenters. The quantitative estimate of drug-likeness (QED) is 0.894. The lowest BCUT2D eigenvalue weighted by molar-refractivity contribution is 0.0716. The lowest BCUT2D eigenvalue weighted by Gasteiger charge is -2.16. The Balaban J connectivity index is 0.000000218. The van der Waals surface area contributed by atoms with Crippen molar-refractivity contribution in [1.29, 1.82) is 0 Å². The van der Waals surface area contributed by atoms with Crippen LogP contribution in [-0.4, -0.2) is 18.2 Å². The maximum absolute atomic E-state index is 12.7. The van der Waals surface area contributed by atoms with Gasteiger partial charge in [0.1, 0.15) is 11.6 Å². The van der Waals surface area contributed by atoms with Crippen molar-refractivity contribution in [3.05, 3.63) is 23.6 Å². The van der Waals surface area contributed by atoms with Gasteiger partial charge in [-0.3, -0.25) is 0 Å². The van der Waals surface area contributed by atoms with Gasteiger partial charge in [-0.15, -0.1) is 0 Å². The van der Waals surface area contributed by atoms with Crippen LogP contribution in [0.3, 0.4) is 0 Å². The normalized spacial score (nSPS) is 16.1. The van der Waals surface area contributed by atoms with Crippen molar-refractivity contribution in [2.24, 2.45) is 11.8 Å². The van der Waals surface area contributed by atoms with E-state index in [1.54, 1.807) is 0 Å². The number of hydrogen-bond acceptors (Lipinski definition) is 3. The first-order chi connectivity index (χ1) is 8.99. The number of pyridine rings is 1. The summed E-state index contributed by atoms with van der Waals surface area (Å²) in [5.41, 5.74) is 6.36. The predicted octanol–water partition coefficient (Wildman–Crippen LogP) is 3.43. The van der Waals surface area contributed by atoms with Crippen molar-refractivity contribution in [3.8, 4) is 0 Å². The predicted molar refractivity (Wildman–Crippen MR) is 76.4 cm³/mol. The van der Waals surface area contributed by atoms with Crippen molar-refractivity contribution >= 4 is 5.82 Å². The van der Waals surface area contributed by atoms with Crippen LogP contribution in [0.15, 0.2) is 12.3 Å². The molecule has 1 aliphatic heterocycles. The van der Waals surface area contributed by atoms with Crippen LogP contribution in [0.4, 0.5) is 10.2 Å². The van der Waals surface area contributed by atoms with Crippen molar-refractivity contribution in [1.82, 2.24) is 4.98 Å². The van der Waals surface area contributed by atoms with E-state index < -0.39 is 0 Å². The summed E-state index contributed by atoms with van der Waals surface area (Å²) in [5.74, 6) is 1.50. The highest BCUT2D eigenvalue weighted by Crippen LogP contribution is 2.14. The molecule has 2 rings (SSSR count). The topological polar surface area (TPSA) is 48.1 Å². The fourth-order valence-corrected chi connectivity index (χ4v) is 1.91. The minimum atomic E-state index is -0.320. The molecule has 0 unspecified atom stereocenters. The lowest BCUT2D eigenvalue weighted by Crippen LogP contribution is -2.12. The third kappa shape index (κ3) is 6.53. The minimum absolute atomic E-state index is 0.320. The van der Waals surface area contributed by atoms with Gasteiger partial charge < -0.3 is 10.5 Å². The molecule has 3 nitrogen and oxygen atoms in total. The monoisotopic (exact) mass is 268 g/mol. The van der Waals surface area contributed by atoms with Gasteiger partial charge in [0.2, 0.25) is 0 Å². The molecule has 2 heterocycles. The zero-order valence-corrected chi connectivity index (χ0v) is 12.2. The van der Waals surface area contributed by atoms with Crippen molar-refractivity contribution in [2.75, 3.05) is 18.9 Å². The van der Waals surface area contributed by atoms with E-state index >= 15 is 0 Å². The Kier molecular flexibility index (Phi) is 6.78. The Bertz CT molecular complexity index is 376. The molecule has 108 valence electrons. The Morgan fingerprint density at radius 2 is 2.05 bits per heavy atom. The first-order valence-electron chi connectivity index (χ1n) is 6.96. The Hall–Kier alpha value is -1.16. The molecule has 0 bridgehead atoms. The molecule has 1 aromatic rings. The Labute approximate surface area is 115 Å². The van der Waals surface area contributed by atoms with Crippen LogP contribution in [0.25, 0.3) is 0 Å². The van der Waals surface area contributed by atoms with E-state index in [2.05, 4.69) is 25.8 Å². The summed E-state index contributed by atoms with van der Waals surface area (Å²) in [6.07, 6.45) is 4.44. The third-order valence-electron chi connectivity index (χ3n) is 3.11. The van der Waals surface area contributed by atoms with Gasteiger partial charge in [-0.05, 0) is 42.7 Å². The van der Waals surface area contributed by atoms with Crippen LogP contribution in [0, 0.1) is 17.7 Å². The summed E-state index contributed by atoms with van der Waals surface area (Å²) < 4.78 is 17.8. The molecular formula is C15H25FN2O. The average Bonchev–Trinajstić information content (AvgIpc) is 2.35. The SMILES string of the molecule is CC(C)Cc1cc(F)cnc1N.CC1CCOCC1. The standard InChI is InChI=1S/C9H13FN2.C6H12O/c1-6(2)3-7-4-8(10)5-12-9(7)11;1-6-2-4-7-5-3-6/h4-6H,3H2,1-2H3,(H2,11,12);6H,2-5H2,1H3.